The summed E-state index contributed by atoms with van der Waals surface area (Å²) in [6.07, 6.45) is 5.66. The van der Waals surface area contributed by atoms with Crippen LogP contribution in [0.2, 0.25) is 0 Å². The van der Waals surface area contributed by atoms with Gasteiger partial charge in [0.1, 0.15) is 17.0 Å². The molecule has 2 saturated heterocycles. The lowest BCUT2D eigenvalue weighted by Crippen LogP contribution is -2.56. The van der Waals surface area contributed by atoms with Crippen LogP contribution in [0.3, 0.4) is 0 Å². The van der Waals surface area contributed by atoms with Crippen molar-refractivity contribution >= 4 is 11.8 Å². The maximum absolute atomic E-state index is 13.1. The largest absolute Gasteiger partial charge is 0.378 e. The Morgan fingerprint density at radius 3 is 2.59 bits per heavy atom. The Kier molecular flexibility index (Phi) is 5.34. The topological polar surface area (TPSA) is 98.9 Å². The third-order valence-corrected chi connectivity index (χ3v) is 6.66. The van der Waals surface area contributed by atoms with E-state index in [0.717, 1.165) is 5.82 Å². The van der Waals surface area contributed by atoms with E-state index < -0.39 is 11.7 Å². The van der Waals surface area contributed by atoms with Crippen LogP contribution < -0.4 is 5.56 Å². The molecule has 5 rings (SSSR count). The fourth-order valence-corrected chi connectivity index (χ4v) is 4.86. The summed E-state index contributed by atoms with van der Waals surface area (Å²) < 4.78 is 15.2. The van der Waals surface area contributed by atoms with Crippen molar-refractivity contribution < 1.29 is 19.1 Å². The SMILES string of the molecule is Cn1cccc(C(=O)N2CCC3(CC2)OC(C(=O)N2CCOCC2)Cn2ccnc23)c1=O. The maximum atomic E-state index is 13.1. The first-order chi connectivity index (χ1) is 15.5. The summed E-state index contributed by atoms with van der Waals surface area (Å²) in [5.74, 6) is 0.491. The van der Waals surface area contributed by atoms with E-state index in [1.54, 1.807) is 41.4 Å². The van der Waals surface area contributed by atoms with E-state index in [1.165, 1.54) is 4.57 Å². The van der Waals surface area contributed by atoms with Crippen molar-refractivity contribution in [2.45, 2.75) is 31.1 Å². The van der Waals surface area contributed by atoms with Crippen molar-refractivity contribution in [2.75, 3.05) is 39.4 Å². The number of carbonyl (C=O) groups excluding carboxylic acids is 2. The molecule has 0 saturated carbocycles. The van der Waals surface area contributed by atoms with Gasteiger partial charge >= 0.3 is 0 Å². The minimum Gasteiger partial charge on any atom is -0.378 e. The summed E-state index contributed by atoms with van der Waals surface area (Å²) in [4.78, 5) is 46.5. The first-order valence-corrected chi connectivity index (χ1v) is 11.0. The third kappa shape index (κ3) is 3.53. The van der Waals surface area contributed by atoms with Gasteiger partial charge < -0.3 is 28.4 Å². The highest BCUT2D eigenvalue weighted by molar-refractivity contribution is 5.93. The Hall–Kier alpha value is -2.98. The highest BCUT2D eigenvalue weighted by Gasteiger charge is 2.48. The normalized spacial score (nSPS) is 22.6. The van der Waals surface area contributed by atoms with Crippen molar-refractivity contribution in [3.63, 3.8) is 0 Å². The number of piperidine rings is 1. The summed E-state index contributed by atoms with van der Waals surface area (Å²) in [7, 11) is 1.63. The summed E-state index contributed by atoms with van der Waals surface area (Å²) in [6, 6.07) is 3.26. The van der Waals surface area contributed by atoms with E-state index >= 15 is 0 Å². The van der Waals surface area contributed by atoms with Gasteiger partial charge in [0.2, 0.25) is 0 Å². The van der Waals surface area contributed by atoms with Crippen molar-refractivity contribution in [1.29, 1.82) is 0 Å². The number of rotatable bonds is 2. The number of nitrogens with zero attached hydrogens (tertiary/aromatic N) is 5. The molecular formula is C22H27N5O5. The Morgan fingerprint density at radius 1 is 1.09 bits per heavy atom. The van der Waals surface area contributed by atoms with Crippen LogP contribution in [0.4, 0.5) is 0 Å². The maximum Gasteiger partial charge on any atom is 0.263 e. The molecule has 10 heteroatoms. The number of hydrogen-bond acceptors (Lipinski definition) is 6. The zero-order chi connectivity index (χ0) is 22.3. The number of fused-ring (bicyclic) bond motifs is 2. The van der Waals surface area contributed by atoms with Crippen molar-refractivity contribution in [3.05, 3.63) is 52.5 Å². The van der Waals surface area contributed by atoms with Crippen molar-refractivity contribution in [2.24, 2.45) is 7.05 Å². The Labute approximate surface area is 185 Å². The number of amides is 2. The standard InChI is InChI=1S/C22H27N5O5/c1-24-7-2-3-16(18(24)28)19(29)25-8-4-22(5-9-25)21-23-6-10-27(21)15-17(32-22)20(30)26-11-13-31-14-12-26/h2-3,6-7,10,17H,4-5,8-9,11-15H2,1H3. The quantitative estimate of drug-likeness (QED) is 0.649. The van der Waals surface area contributed by atoms with Gasteiger partial charge in [0.25, 0.3) is 17.4 Å². The van der Waals surface area contributed by atoms with E-state index in [-0.39, 0.29) is 22.9 Å². The molecular weight excluding hydrogens is 414 g/mol. The number of aryl methyl sites for hydroxylation is 1. The molecule has 2 aromatic rings. The summed E-state index contributed by atoms with van der Waals surface area (Å²) in [6.45, 7) is 3.47. The van der Waals surface area contributed by atoms with E-state index in [1.807, 2.05) is 10.8 Å². The van der Waals surface area contributed by atoms with Gasteiger partial charge in [-0.2, -0.15) is 0 Å². The first kappa shape index (κ1) is 20.9. The first-order valence-electron chi connectivity index (χ1n) is 11.0. The van der Waals surface area contributed by atoms with Crippen molar-refractivity contribution in [1.82, 2.24) is 23.9 Å². The van der Waals surface area contributed by atoms with Gasteiger partial charge in [-0.1, -0.05) is 0 Å². The van der Waals surface area contributed by atoms with Crippen LogP contribution >= 0.6 is 0 Å². The molecule has 2 fully saturated rings. The third-order valence-electron chi connectivity index (χ3n) is 6.66. The van der Waals surface area contributed by atoms with Crippen LogP contribution in [0.5, 0.6) is 0 Å². The number of imidazole rings is 1. The molecule has 0 N–H and O–H groups in total. The number of aromatic nitrogens is 3. The second-order valence-corrected chi connectivity index (χ2v) is 8.57. The van der Waals surface area contributed by atoms with Crippen LogP contribution in [-0.2, 0) is 33.5 Å². The second kappa shape index (κ2) is 8.18. The van der Waals surface area contributed by atoms with Crippen LogP contribution in [0.15, 0.2) is 35.5 Å². The predicted octanol–water partition coefficient (Wildman–Crippen LogP) is -0.0291. The molecule has 32 heavy (non-hydrogen) atoms. The van der Waals surface area contributed by atoms with Gasteiger partial charge in [0.05, 0.1) is 19.8 Å². The van der Waals surface area contributed by atoms with Gasteiger partial charge in [-0.15, -0.1) is 0 Å². The average Bonchev–Trinajstić information content (AvgIpc) is 3.31. The van der Waals surface area contributed by atoms with Crippen LogP contribution in [0, 0.1) is 0 Å². The Morgan fingerprint density at radius 2 is 1.84 bits per heavy atom. The molecule has 3 aliphatic rings. The summed E-state index contributed by atoms with van der Waals surface area (Å²) in [5, 5.41) is 0. The van der Waals surface area contributed by atoms with Crippen molar-refractivity contribution in [3.8, 4) is 0 Å². The molecule has 2 aromatic heterocycles. The molecule has 0 aliphatic carbocycles. The minimum absolute atomic E-state index is 0.0293. The molecule has 1 atom stereocenters. The molecule has 1 spiro atoms. The van der Waals surface area contributed by atoms with Crippen LogP contribution in [0.1, 0.15) is 29.0 Å². The Balaban J connectivity index is 1.35. The molecule has 0 aromatic carbocycles. The zero-order valence-electron chi connectivity index (χ0n) is 18.1. The number of pyridine rings is 1. The summed E-state index contributed by atoms with van der Waals surface area (Å²) >= 11 is 0. The van der Waals surface area contributed by atoms with E-state index in [4.69, 9.17) is 9.47 Å². The van der Waals surface area contributed by atoms with Gasteiger partial charge in [-0.05, 0) is 12.1 Å². The monoisotopic (exact) mass is 441 g/mol. The average molecular weight is 441 g/mol. The lowest BCUT2D eigenvalue weighted by Gasteiger charge is -2.46. The molecule has 0 radical (unpaired) electrons. The van der Waals surface area contributed by atoms with Gasteiger partial charge in [-0.3, -0.25) is 14.4 Å². The molecule has 3 aliphatic heterocycles. The van der Waals surface area contributed by atoms with Crippen LogP contribution in [0.25, 0.3) is 0 Å². The minimum atomic E-state index is -0.729. The molecule has 10 nitrogen and oxygen atoms in total. The smallest absolute Gasteiger partial charge is 0.263 e. The number of ether oxygens (including phenoxy) is 2. The zero-order valence-corrected chi connectivity index (χ0v) is 18.1. The highest BCUT2D eigenvalue weighted by Crippen LogP contribution is 2.40. The van der Waals surface area contributed by atoms with Gasteiger partial charge in [0, 0.05) is 64.7 Å². The molecule has 0 bridgehead atoms. The lowest BCUT2D eigenvalue weighted by atomic mass is 9.88. The van der Waals surface area contributed by atoms with Gasteiger partial charge in [0.15, 0.2) is 6.10 Å². The van der Waals surface area contributed by atoms with Crippen LogP contribution in [-0.4, -0.2) is 81.2 Å². The highest BCUT2D eigenvalue weighted by atomic mass is 16.5. The van der Waals surface area contributed by atoms with E-state index in [0.29, 0.717) is 58.8 Å². The second-order valence-electron chi connectivity index (χ2n) is 8.57. The molecule has 1 unspecified atom stereocenters. The molecule has 2 amide bonds. The number of hydrogen-bond donors (Lipinski definition) is 0. The number of carbonyl (C=O) groups is 2. The lowest BCUT2D eigenvalue weighted by molar-refractivity contribution is -0.182. The fraction of sp³-hybridized carbons (Fsp3) is 0.545. The van der Waals surface area contributed by atoms with E-state index in [2.05, 4.69) is 4.98 Å². The molecule has 5 heterocycles. The predicted molar refractivity (Wildman–Crippen MR) is 113 cm³/mol. The molecule has 170 valence electrons. The number of morpholine rings is 1. The number of likely N-dealkylation sites (tertiary alicyclic amines) is 1. The Bertz CT molecular complexity index is 1080. The fourth-order valence-electron chi connectivity index (χ4n) is 4.86. The van der Waals surface area contributed by atoms with Gasteiger partial charge in [-0.25, -0.2) is 4.98 Å². The van der Waals surface area contributed by atoms with E-state index in [9.17, 15) is 14.4 Å². The summed E-state index contributed by atoms with van der Waals surface area (Å²) in [5.41, 5.74) is -0.872.